The zero-order valence-electron chi connectivity index (χ0n) is 13.7. The van der Waals surface area contributed by atoms with E-state index in [-0.39, 0.29) is 5.91 Å². The normalized spacial score (nSPS) is 10.7. The summed E-state index contributed by atoms with van der Waals surface area (Å²) in [6.07, 6.45) is 1.08. The molecule has 0 aliphatic heterocycles. The molecule has 1 aromatic carbocycles. The molecule has 1 N–H and O–H groups in total. The van der Waals surface area contributed by atoms with Crippen LogP contribution in [0.5, 0.6) is 0 Å². The van der Waals surface area contributed by atoms with Crippen molar-refractivity contribution in [2.45, 2.75) is 27.2 Å². The van der Waals surface area contributed by atoms with Crippen molar-refractivity contribution in [3.63, 3.8) is 0 Å². The van der Waals surface area contributed by atoms with Gasteiger partial charge in [-0.2, -0.15) is 0 Å². The van der Waals surface area contributed by atoms with E-state index in [1.807, 2.05) is 29.2 Å². The van der Waals surface area contributed by atoms with Gasteiger partial charge in [-0.15, -0.1) is 0 Å². The van der Waals surface area contributed by atoms with Gasteiger partial charge in [0.2, 0.25) is 0 Å². The molecule has 0 radical (unpaired) electrons. The van der Waals surface area contributed by atoms with Crippen LogP contribution in [0.4, 0.5) is 5.69 Å². The fraction of sp³-hybridized carbons (Fsp3) is 0.588. The average Bonchev–Trinajstić information content (AvgIpc) is 2.49. The zero-order valence-corrected chi connectivity index (χ0v) is 13.7. The number of hydrogen-bond donors (Lipinski definition) is 1. The van der Waals surface area contributed by atoms with Crippen molar-refractivity contribution >= 4 is 11.6 Å². The second-order valence-electron chi connectivity index (χ2n) is 5.64. The fourth-order valence-electron chi connectivity index (χ4n) is 2.10. The third-order valence-corrected chi connectivity index (χ3v) is 3.15. The molecule has 0 aliphatic carbocycles. The van der Waals surface area contributed by atoms with E-state index in [1.165, 1.54) is 0 Å². The Labute approximate surface area is 128 Å². The Bertz CT molecular complexity index is 415. The summed E-state index contributed by atoms with van der Waals surface area (Å²) >= 11 is 0. The Morgan fingerprint density at radius 3 is 2.48 bits per heavy atom. The van der Waals surface area contributed by atoms with Crippen molar-refractivity contribution in [3.05, 3.63) is 29.8 Å². The van der Waals surface area contributed by atoms with Crippen molar-refractivity contribution in [2.24, 2.45) is 5.92 Å². The summed E-state index contributed by atoms with van der Waals surface area (Å²) < 4.78 is 5.10. The topological polar surface area (TPSA) is 41.6 Å². The number of carbonyl (C=O) groups excluding carboxylic acids is 1. The summed E-state index contributed by atoms with van der Waals surface area (Å²) in [6, 6.07) is 7.71. The first-order valence-electron chi connectivity index (χ1n) is 7.70. The minimum Gasteiger partial charge on any atom is -0.385 e. The van der Waals surface area contributed by atoms with Gasteiger partial charge in [-0.05, 0) is 36.6 Å². The van der Waals surface area contributed by atoms with Crippen LogP contribution >= 0.6 is 0 Å². The molecule has 0 fully saturated rings. The standard InChI is InChI=1S/C17H28N2O2/c1-5-10-18-16-8-6-15(7-9-16)17(20)19(11-12-21-4)13-14(2)3/h6-9,14,18H,5,10-13H2,1-4H3. The van der Waals surface area contributed by atoms with E-state index in [0.717, 1.165) is 30.8 Å². The average molecular weight is 292 g/mol. The molecule has 4 heteroatoms. The lowest BCUT2D eigenvalue weighted by atomic mass is 10.1. The third-order valence-electron chi connectivity index (χ3n) is 3.15. The molecular weight excluding hydrogens is 264 g/mol. The highest BCUT2D eigenvalue weighted by atomic mass is 16.5. The van der Waals surface area contributed by atoms with Gasteiger partial charge in [-0.25, -0.2) is 0 Å². The molecule has 0 aromatic heterocycles. The van der Waals surface area contributed by atoms with Crippen molar-refractivity contribution in [3.8, 4) is 0 Å². The molecule has 1 rings (SSSR count). The van der Waals surface area contributed by atoms with E-state index >= 15 is 0 Å². The molecule has 0 heterocycles. The predicted molar refractivity (Wildman–Crippen MR) is 87.8 cm³/mol. The number of carbonyl (C=O) groups is 1. The van der Waals surface area contributed by atoms with Crippen LogP contribution in [0.25, 0.3) is 0 Å². The summed E-state index contributed by atoms with van der Waals surface area (Å²) in [4.78, 5) is 14.4. The maximum atomic E-state index is 12.6. The maximum Gasteiger partial charge on any atom is 0.253 e. The Morgan fingerprint density at radius 2 is 1.95 bits per heavy atom. The molecule has 0 unspecified atom stereocenters. The van der Waals surface area contributed by atoms with Gasteiger partial charge in [-0.3, -0.25) is 4.79 Å². The molecule has 0 atom stereocenters. The Balaban J connectivity index is 2.72. The molecule has 1 aromatic rings. The van der Waals surface area contributed by atoms with E-state index < -0.39 is 0 Å². The number of amides is 1. The van der Waals surface area contributed by atoms with E-state index in [4.69, 9.17) is 4.74 Å². The van der Waals surface area contributed by atoms with Crippen LogP contribution in [0.1, 0.15) is 37.6 Å². The summed E-state index contributed by atoms with van der Waals surface area (Å²) in [6.45, 7) is 9.25. The first-order valence-corrected chi connectivity index (χ1v) is 7.70. The summed E-state index contributed by atoms with van der Waals surface area (Å²) in [5.74, 6) is 0.513. The second kappa shape index (κ2) is 9.40. The number of ether oxygens (including phenoxy) is 1. The molecule has 0 saturated carbocycles. The number of anilines is 1. The second-order valence-corrected chi connectivity index (χ2v) is 5.64. The number of rotatable bonds is 9. The summed E-state index contributed by atoms with van der Waals surface area (Å²) in [7, 11) is 1.66. The lowest BCUT2D eigenvalue weighted by Crippen LogP contribution is -2.36. The third kappa shape index (κ3) is 6.17. The quantitative estimate of drug-likeness (QED) is 0.759. The number of nitrogens with zero attached hydrogens (tertiary/aromatic N) is 1. The molecular formula is C17H28N2O2. The van der Waals surface area contributed by atoms with E-state index in [1.54, 1.807) is 7.11 Å². The molecule has 4 nitrogen and oxygen atoms in total. The number of methoxy groups -OCH3 is 1. The van der Waals surface area contributed by atoms with Gasteiger partial charge in [0.05, 0.1) is 6.61 Å². The first kappa shape index (κ1) is 17.5. The SMILES string of the molecule is CCCNc1ccc(C(=O)N(CCOC)CC(C)C)cc1. The lowest BCUT2D eigenvalue weighted by molar-refractivity contribution is 0.0672. The van der Waals surface area contributed by atoms with Gasteiger partial charge in [-0.1, -0.05) is 20.8 Å². The summed E-state index contributed by atoms with van der Waals surface area (Å²) in [5.41, 5.74) is 1.79. The highest BCUT2D eigenvalue weighted by molar-refractivity contribution is 5.94. The van der Waals surface area contributed by atoms with Crippen molar-refractivity contribution in [2.75, 3.05) is 38.7 Å². The molecule has 0 aliphatic rings. The molecule has 118 valence electrons. The highest BCUT2D eigenvalue weighted by Crippen LogP contribution is 2.13. The molecule has 21 heavy (non-hydrogen) atoms. The maximum absolute atomic E-state index is 12.6. The number of hydrogen-bond acceptors (Lipinski definition) is 3. The van der Waals surface area contributed by atoms with Crippen LogP contribution in [0.15, 0.2) is 24.3 Å². The zero-order chi connectivity index (χ0) is 15.7. The van der Waals surface area contributed by atoms with Gasteiger partial charge in [0.25, 0.3) is 5.91 Å². The first-order chi connectivity index (χ1) is 10.1. The fourth-order valence-corrected chi connectivity index (χ4v) is 2.10. The van der Waals surface area contributed by atoms with Gasteiger partial charge < -0.3 is 15.0 Å². The van der Waals surface area contributed by atoms with E-state index in [2.05, 4.69) is 26.1 Å². The molecule has 1 amide bonds. The van der Waals surface area contributed by atoms with E-state index in [9.17, 15) is 4.79 Å². The van der Waals surface area contributed by atoms with Gasteiger partial charge in [0.1, 0.15) is 0 Å². The van der Waals surface area contributed by atoms with Gasteiger partial charge >= 0.3 is 0 Å². The Kier molecular flexibility index (Phi) is 7.83. The van der Waals surface area contributed by atoms with Gasteiger partial charge in [0.15, 0.2) is 0 Å². The highest BCUT2D eigenvalue weighted by Gasteiger charge is 2.16. The van der Waals surface area contributed by atoms with Gasteiger partial charge in [0, 0.05) is 38.0 Å². The van der Waals surface area contributed by atoms with Crippen LogP contribution in [0, 0.1) is 5.92 Å². The minimum absolute atomic E-state index is 0.0720. The predicted octanol–water partition coefficient (Wildman–Crippen LogP) is 3.25. The molecule has 0 spiro atoms. The summed E-state index contributed by atoms with van der Waals surface area (Å²) in [5, 5.41) is 3.31. The van der Waals surface area contributed by atoms with E-state index in [0.29, 0.717) is 19.1 Å². The van der Waals surface area contributed by atoms with Crippen LogP contribution < -0.4 is 5.32 Å². The van der Waals surface area contributed by atoms with Crippen molar-refractivity contribution in [1.29, 1.82) is 0 Å². The monoisotopic (exact) mass is 292 g/mol. The number of benzene rings is 1. The Morgan fingerprint density at radius 1 is 1.29 bits per heavy atom. The van der Waals surface area contributed by atoms with Crippen LogP contribution in [0.3, 0.4) is 0 Å². The molecule has 0 bridgehead atoms. The van der Waals surface area contributed by atoms with Crippen molar-refractivity contribution in [1.82, 2.24) is 4.90 Å². The number of nitrogens with one attached hydrogen (secondary N) is 1. The largest absolute Gasteiger partial charge is 0.385 e. The van der Waals surface area contributed by atoms with Crippen LogP contribution in [0.2, 0.25) is 0 Å². The minimum atomic E-state index is 0.0720. The smallest absolute Gasteiger partial charge is 0.253 e. The molecule has 0 saturated heterocycles. The van der Waals surface area contributed by atoms with Crippen LogP contribution in [-0.4, -0.2) is 44.2 Å². The Hall–Kier alpha value is -1.55. The van der Waals surface area contributed by atoms with Crippen LogP contribution in [-0.2, 0) is 4.74 Å². The van der Waals surface area contributed by atoms with Crippen molar-refractivity contribution < 1.29 is 9.53 Å². The lowest BCUT2D eigenvalue weighted by Gasteiger charge is -2.24.